The minimum absolute atomic E-state index is 0.241. The molecule has 0 spiro atoms. The second kappa shape index (κ2) is 4.14. The van der Waals surface area contributed by atoms with Crippen LogP contribution in [0.4, 0.5) is 0 Å². The highest BCUT2D eigenvalue weighted by molar-refractivity contribution is 5.79. The third kappa shape index (κ3) is 2.08. The van der Waals surface area contributed by atoms with E-state index in [2.05, 4.69) is 15.4 Å². The van der Waals surface area contributed by atoms with Crippen LogP contribution in [0.25, 0.3) is 0 Å². The van der Waals surface area contributed by atoms with Crippen molar-refractivity contribution in [3.8, 4) is 5.75 Å². The number of aryl methyl sites for hydroxylation is 1. The first kappa shape index (κ1) is 10.4. The Morgan fingerprint density at radius 2 is 1.94 bits per heavy atom. The van der Waals surface area contributed by atoms with Crippen LogP contribution in [0.1, 0.15) is 17.0 Å². The SMILES string of the molecule is Cc1nnn(/N=C/c2ccc(O)cc2)c1C. The van der Waals surface area contributed by atoms with Crippen molar-refractivity contribution in [3.63, 3.8) is 0 Å². The molecule has 0 amide bonds. The van der Waals surface area contributed by atoms with E-state index in [1.807, 2.05) is 13.8 Å². The highest BCUT2D eigenvalue weighted by atomic mass is 16.3. The summed E-state index contributed by atoms with van der Waals surface area (Å²) in [6.45, 7) is 3.79. The maximum atomic E-state index is 9.12. The molecule has 1 heterocycles. The van der Waals surface area contributed by atoms with E-state index in [9.17, 15) is 0 Å². The third-order valence-corrected chi connectivity index (χ3v) is 2.31. The van der Waals surface area contributed by atoms with Crippen molar-refractivity contribution in [2.75, 3.05) is 0 Å². The van der Waals surface area contributed by atoms with E-state index in [4.69, 9.17) is 5.11 Å². The number of hydrogen-bond acceptors (Lipinski definition) is 4. The van der Waals surface area contributed by atoms with Gasteiger partial charge in [-0.3, -0.25) is 0 Å². The second-order valence-electron chi connectivity index (χ2n) is 3.49. The Labute approximate surface area is 93.0 Å². The van der Waals surface area contributed by atoms with Gasteiger partial charge in [0.25, 0.3) is 0 Å². The van der Waals surface area contributed by atoms with Gasteiger partial charge in [-0.05, 0) is 48.9 Å². The fourth-order valence-corrected chi connectivity index (χ4v) is 1.19. The molecule has 0 unspecified atom stereocenters. The molecule has 0 aliphatic carbocycles. The average molecular weight is 216 g/mol. The lowest BCUT2D eigenvalue weighted by Crippen LogP contribution is -1.95. The molecule has 1 aromatic heterocycles. The first-order valence-electron chi connectivity index (χ1n) is 4.89. The molecule has 5 nitrogen and oxygen atoms in total. The predicted octanol–water partition coefficient (Wildman–Crippen LogP) is 1.48. The highest BCUT2D eigenvalue weighted by Gasteiger charge is 2.00. The van der Waals surface area contributed by atoms with Gasteiger partial charge in [0.2, 0.25) is 0 Å². The Bertz CT molecular complexity index is 513. The zero-order chi connectivity index (χ0) is 11.5. The summed E-state index contributed by atoms with van der Waals surface area (Å²) in [5.41, 5.74) is 2.67. The predicted molar refractivity (Wildman–Crippen MR) is 60.6 cm³/mol. The lowest BCUT2D eigenvalue weighted by atomic mass is 10.2. The van der Waals surface area contributed by atoms with Gasteiger partial charge in [0, 0.05) is 0 Å². The van der Waals surface area contributed by atoms with Crippen molar-refractivity contribution in [1.29, 1.82) is 0 Å². The van der Waals surface area contributed by atoms with E-state index >= 15 is 0 Å². The molecule has 2 rings (SSSR count). The molecule has 16 heavy (non-hydrogen) atoms. The molecule has 5 heteroatoms. The topological polar surface area (TPSA) is 63.3 Å². The lowest BCUT2D eigenvalue weighted by Gasteiger charge is -1.95. The number of hydrogen-bond donors (Lipinski definition) is 1. The van der Waals surface area contributed by atoms with E-state index in [1.54, 1.807) is 30.5 Å². The Balaban J connectivity index is 2.21. The lowest BCUT2D eigenvalue weighted by molar-refractivity contribution is 0.475. The van der Waals surface area contributed by atoms with E-state index in [1.165, 1.54) is 4.79 Å². The fourth-order valence-electron chi connectivity index (χ4n) is 1.19. The largest absolute Gasteiger partial charge is 0.508 e. The standard InChI is InChI=1S/C11H12N4O/c1-8-9(2)15(14-13-8)12-7-10-3-5-11(16)6-4-10/h3-7,16H,1-2H3/b12-7+. The van der Waals surface area contributed by atoms with E-state index < -0.39 is 0 Å². The number of nitrogens with zero attached hydrogens (tertiary/aromatic N) is 4. The molecule has 2 aromatic rings. The third-order valence-electron chi connectivity index (χ3n) is 2.31. The Kier molecular flexibility index (Phi) is 2.68. The molecule has 0 bridgehead atoms. The van der Waals surface area contributed by atoms with E-state index in [0.29, 0.717) is 0 Å². The van der Waals surface area contributed by atoms with E-state index in [0.717, 1.165) is 17.0 Å². The van der Waals surface area contributed by atoms with Crippen LogP contribution in [-0.2, 0) is 0 Å². The maximum Gasteiger partial charge on any atom is 0.115 e. The fraction of sp³-hybridized carbons (Fsp3) is 0.182. The molecule has 0 aliphatic heterocycles. The zero-order valence-corrected chi connectivity index (χ0v) is 9.12. The normalized spacial score (nSPS) is 11.1. The van der Waals surface area contributed by atoms with Gasteiger partial charge in [-0.1, -0.05) is 0 Å². The first-order chi connectivity index (χ1) is 7.66. The highest BCUT2D eigenvalue weighted by Crippen LogP contribution is 2.08. The molecular formula is C11H12N4O. The molecule has 0 atom stereocenters. The van der Waals surface area contributed by atoms with Gasteiger partial charge in [0.1, 0.15) is 5.75 Å². The number of aromatic hydroxyl groups is 1. The molecule has 0 fully saturated rings. The monoisotopic (exact) mass is 216 g/mol. The van der Waals surface area contributed by atoms with Gasteiger partial charge >= 0.3 is 0 Å². The molecule has 0 radical (unpaired) electrons. The van der Waals surface area contributed by atoms with Crippen LogP contribution >= 0.6 is 0 Å². The van der Waals surface area contributed by atoms with Crippen LogP contribution in [0.3, 0.4) is 0 Å². The summed E-state index contributed by atoms with van der Waals surface area (Å²) in [6.07, 6.45) is 1.67. The van der Waals surface area contributed by atoms with Crippen molar-refractivity contribution in [2.45, 2.75) is 13.8 Å². The summed E-state index contributed by atoms with van der Waals surface area (Å²) in [5.74, 6) is 0.241. The molecule has 0 aliphatic rings. The zero-order valence-electron chi connectivity index (χ0n) is 9.12. The summed E-state index contributed by atoms with van der Waals surface area (Å²) in [4.78, 5) is 1.47. The second-order valence-corrected chi connectivity index (χ2v) is 3.49. The smallest absolute Gasteiger partial charge is 0.115 e. The van der Waals surface area contributed by atoms with Gasteiger partial charge < -0.3 is 5.11 Å². The summed E-state index contributed by atoms with van der Waals surface area (Å²) >= 11 is 0. The van der Waals surface area contributed by atoms with Crippen molar-refractivity contribution in [1.82, 2.24) is 15.1 Å². The van der Waals surface area contributed by atoms with Gasteiger partial charge in [-0.2, -0.15) is 5.10 Å². The van der Waals surface area contributed by atoms with E-state index in [-0.39, 0.29) is 5.75 Å². The van der Waals surface area contributed by atoms with Gasteiger partial charge in [-0.25, -0.2) is 0 Å². The minimum atomic E-state index is 0.241. The number of phenolic OH excluding ortho intramolecular Hbond substituents is 1. The molecule has 1 N–H and O–H groups in total. The molecular weight excluding hydrogens is 204 g/mol. The quantitative estimate of drug-likeness (QED) is 0.773. The minimum Gasteiger partial charge on any atom is -0.508 e. The summed E-state index contributed by atoms with van der Waals surface area (Å²) < 4.78 is 0. The number of phenols is 1. The van der Waals surface area contributed by atoms with Crippen molar-refractivity contribution in [3.05, 3.63) is 41.2 Å². The average Bonchev–Trinajstić information content (AvgIpc) is 2.60. The van der Waals surface area contributed by atoms with Crippen LogP contribution in [0.5, 0.6) is 5.75 Å². The number of rotatable bonds is 2. The molecule has 0 saturated heterocycles. The maximum absolute atomic E-state index is 9.12. The van der Waals surface area contributed by atoms with Crippen LogP contribution in [0, 0.1) is 13.8 Å². The van der Waals surface area contributed by atoms with Gasteiger partial charge in [0.05, 0.1) is 17.6 Å². The van der Waals surface area contributed by atoms with Crippen LogP contribution < -0.4 is 0 Å². The Hall–Kier alpha value is -2.17. The summed E-state index contributed by atoms with van der Waals surface area (Å²) in [5, 5.41) is 21.0. The summed E-state index contributed by atoms with van der Waals surface area (Å²) in [7, 11) is 0. The molecule has 0 saturated carbocycles. The van der Waals surface area contributed by atoms with Gasteiger partial charge in [-0.15, -0.1) is 9.89 Å². The van der Waals surface area contributed by atoms with Crippen LogP contribution in [-0.4, -0.2) is 26.4 Å². The van der Waals surface area contributed by atoms with Crippen molar-refractivity contribution in [2.24, 2.45) is 5.10 Å². The van der Waals surface area contributed by atoms with Crippen LogP contribution in [0.2, 0.25) is 0 Å². The molecule has 1 aromatic carbocycles. The Morgan fingerprint density at radius 3 is 2.50 bits per heavy atom. The van der Waals surface area contributed by atoms with Gasteiger partial charge in [0.15, 0.2) is 0 Å². The van der Waals surface area contributed by atoms with Crippen LogP contribution in [0.15, 0.2) is 29.4 Å². The molecule has 82 valence electrons. The number of benzene rings is 1. The first-order valence-corrected chi connectivity index (χ1v) is 4.89. The Morgan fingerprint density at radius 1 is 1.25 bits per heavy atom. The summed E-state index contributed by atoms with van der Waals surface area (Å²) in [6, 6.07) is 6.78. The number of aromatic nitrogens is 3. The van der Waals surface area contributed by atoms with Crippen molar-refractivity contribution >= 4 is 6.21 Å². The van der Waals surface area contributed by atoms with Crippen molar-refractivity contribution < 1.29 is 5.11 Å².